The van der Waals surface area contributed by atoms with Gasteiger partial charge in [0.15, 0.2) is 0 Å². The number of hydrogen-bond acceptors (Lipinski definition) is 1. The van der Waals surface area contributed by atoms with Crippen molar-refractivity contribution in [2.45, 2.75) is 45.1 Å². The Morgan fingerprint density at radius 3 is 2.83 bits per heavy atom. The Kier molecular flexibility index (Phi) is 3.29. The van der Waals surface area contributed by atoms with Gasteiger partial charge < -0.3 is 4.57 Å². The minimum Gasteiger partial charge on any atom is -0.325 e. The zero-order valence-electron chi connectivity index (χ0n) is 10.8. The van der Waals surface area contributed by atoms with Crippen molar-refractivity contribution in [1.29, 1.82) is 0 Å². The van der Waals surface area contributed by atoms with E-state index in [9.17, 15) is 0 Å². The minimum absolute atomic E-state index is 0.634. The van der Waals surface area contributed by atoms with Crippen LogP contribution < -0.4 is 0 Å². The smallest absolute Gasteiger partial charge is 0.111 e. The zero-order valence-corrected chi connectivity index (χ0v) is 11.6. The lowest BCUT2D eigenvalue weighted by Crippen LogP contribution is -2.10. The van der Waals surface area contributed by atoms with Crippen molar-refractivity contribution in [1.82, 2.24) is 9.55 Å². The van der Waals surface area contributed by atoms with Crippen LogP contribution in [-0.2, 0) is 6.42 Å². The predicted octanol–water partition coefficient (Wildman–Crippen LogP) is 4.24. The molecule has 1 aliphatic carbocycles. The summed E-state index contributed by atoms with van der Waals surface area (Å²) < 4.78 is 2.47. The number of para-hydroxylation sites is 1. The molecular formula is C15H19ClN2. The van der Waals surface area contributed by atoms with Crippen LogP contribution in [0.15, 0.2) is 18.2 Å². The number of nitrogens with zero attached hydrogens (tertiary/aromatic N) is 2. The fourth-order valence-corrected chi connectivity index (χ4v) is 3.35. The van der Waals surface area contributed by atoms with Gasteiger partial charge >= 0.3 is 0 Å². The largest absolute Gasteiger partial charge is 0.325 e. The van der Waals surface area contributed by atoms with E-state index >= 15 is 0 Å². The van der Waals surface area contributed by atoms with E-state index in [-0.39, 0.29) is 0 Å². The van der Waals surface area contributed by atoms with Crippen LogP contribution in [0.3, 0.4) is 0 Å². The Hall–Kier alpha value is -1.02. The maximum absolute atomic E-state index is 5.93. The lowest BCUT2D eigenvalue weighted by Gasteiger charge is -2.17. The van der Waals surface area contributed by atoms with E-state index in [1.54, 1.807) is 0 Å². The van der Waals surface area contributed by atoms with Crippen LogP contribution >= 0.6 is 11.6 Å². The Bertz CT molecular complexity index is 553. The predicted molar refractivity (Wildman–Crippen MR) is 76.4 cm³/mol. The van der Waals surface area contributed by atoms with Crippen molar-refractivity contribution in [2.75, 3.05) is 5.88 Å². The van der Waals surface area contributed by atoms with Gasteiger partial charge in [0.2, 0.25) is 0 Å². The Balaban J connectivity index is 2.19. The molecule has 18 heavy (non-hydrogen) atoms. The molecule has 1 heterocycles. The molecule has 1 aromatic heterocycles. The van der Waals surface area contributed by atoms with Crippen LogP contribution in [0, 0.1) is 6.92 Å². The molecular weight excluding hydrogens is 244 g/mol. The second kappa shape index (κ2) is 4.93. The van der Waals surface area contributed by atoms with Gasteiger partial charge in [-0.2, -0.15) is 0 Å². The topological polar surface area (TPSA) is 17.8 Å². The molecule has 2 aromatic rings. The maximum Gasteiger partial charge on any atom is 0.111 e. The molecule has 0 amide bonds. The normalized spacial score (nSPS) is 16.8. The first-order valence-electron chi connectivity index (χ1n) is 6.83. The average molecular weight is 263 g/mol. The number of fused-ring (bicyclic) bond motifs is 1. The first-order chi connectivity index (χ1) is 8.81. The molecule has 0 N–H and O–H groups in total. The molecule has 0 aliphatic heterocycles. The fourth-order valence-electron chi connectivity index (χ4n) is 3.19. The molecule has 1 aliphatic rings. The lowest BCUT2D eigenvalue weighted by atomic mass is 10.1. The first-order valence-corrected chi connectivity index (χ1v) is 7.37. The average Bonchev–Trinajstić information content (AvgIpc) is 2.96. The van der Waals surface area contributed by atoms with Gasteiger partial charge in [-0.3, -0.25) is 0 Å². The molecule has 2 nitrogen and oxygen atoms in total. The van der Waals surface area contributed by atoms with Crippen molar-refractivity contribution in [3.8, 4) is 0 Å². The maximum atomic E-state index is 5.93. The van der Waals surface area contributed by atoms with E-state index in [2.05, 4.69) is 29.7 Å². The number of alkyl halides is 1. The fraction of sp³-hybridized carbons (Fsp3) is 0.533. The second-order valence-electron chi connectivity index (χ2n) is 5.22. The quantitative estimate of drug-likeness (QED) is 0.757. The standard InChI is InChI=1S/C15H19ClN2/c1-11-5-4-8-13-15(11)18(12-6-2-3-7-12)14(17-13)9-10-16/h4-5,8,12H,2-3,6-7,9-10H2,1H3. The molecule has 0 saturated heterocycles. The van der Waals surface area contributed by atoms with Gasteiger partial charge in [-0.15, -0.1) is 11.6 Å². The summed E-state index contributed by atoms with van der Waals surface area (Å²) in [5.41, 5.74) is 3.78. The minimum atomic E-state index is 0.634. The molecule has 0 spiro atoms. The number of aromatic nitrogens is 2. The highest BCUT2D eigenvalue weighted by molar-refractivity contribution is 6.17. The van der Waals surface area contributed by atoms with Crippen molar-refractivity contribution in [3.05, 3.63) is 29.6 Å². The van der Waals surface area contributed by atoms with Crippen LogP contribution in [0.5, 0.6) is 0 Å². The van der Waals surface area contributed by atoms with Crippen molar-refractivity contribution in [3.63, 3.8) is 0 Å². The van der Waals surface area contributed by atoms with Gasteiger partial charge in [-0.25, -0.2) is 4.98 Å². The summed E-state index contributed by atoms with van der Waals surface area (Å²) in [5.74, 6) is 1.82. The number of hydrogen-bond donors (Lipinski definition) is 0. The second-order valence-corrected chi connectivity index (χ2v) is 5.60. The van der Waals surface area contributed by atoms with Crippen LogP contribution in [-0.4, -0.2) is 15.4 Å². The first kappa shape index (κ1) is 12.0. The van der Waals surface area contributed by atoms with E-state index in [4.69, 9.17) is 16.6 Å². The monoisotopic (exact) mass is 262 g/mol. The van der Waals surface area contributed by atoms with Gasteiger partial charge in [0, 0.05) is 18.3 Å². The zero-order chi connectivity index (χ0) is 12.5. The molecule has 3 rings (SSSR count). The molecule has 3 heteroatoms. The van der Waals surface area contributed by atoms with E-state index in [1.807, 2.05) is 0 Å². The van der Waals surface area contributed by atoms with Crippen LogP contribution in [0.25, 0.3) is 11.0 Å². The summed E-state index contributed by atoms with van der Waals surface area (Å²) in [5, 5.41) is 0. The molecule has 1 saturated carbocycles. The molecule has 0 bridgehead atoms. The number of aryl methyl sites for hydroxylation is 2. The van der Waals surface area contributed by atoms with Gasteiger partial charge in [-0.1, -0.05) is 25.0 Å². The number of imidazole rings is 1. The van der Waals surface area contributed by atoms with Gasteiger partial charge in [0.1, 0.15) is 5.82 Å². The van der Waals surface area contributed by atoms with Gasteiger partial charge in [-0.05, 0) is 31.4 Å². The Labute approximate surface area is 113 Å². The summed E-state index contributed by atoms with van der Waals surface area (Å²) >= 11 is 5.93. The van der Waals surface area contributed by atoms with Gasteiger partial charge in [0.25, 0.3) is 0 Å². The Morgan fingerprint density at radius 1 is 1.33 bits per heavy atom. The number of halogens is 1. The number of benzene rings is 1. The van der Waals surface area contributed by atoms with E-state index in [0.29, 0.717) is 11.9 Å². The van der Waals surface area contributed by atoms with Crippen molar-refractivity contribution >= 4 is 22.6 Å². The molecule has 1 aromatic carbocycles. The lowest BCUT2D eigenvalue weighted by molar-refractivity contribution is 0.512. The van der Waals surface area contributed by atoms with E-state index in [0.717, 1.165) is 11.9 Å². The molecule has 96 valence electrons. The summed E-state index contributed by atoms with van der Waals surface area (Å²) in [7, 11) is 0. The van der Waals surface area contributed by atoms with Crippen molar-refractivity contribution in [2.24, 2.45) is 0 Å². The molecule has 0 radical (unpaired) electrons. The number of rotatable bonds is 3. The van der Waals surface area contributed by atoms with E-state index in [1.165, 1.54) is 42.6 Å². The third-order valence-corrected chi connectivity index (χ3v) is 4.18. The van der Waals surface area contributed by atoms with Crippen LogP contribution in [0.1, 0.15) is 43.1 Å². The molecule has 0 atom stereocenters. The summed E-state index contributed by atoms with van der Waals surface area (Å²) in [6.45, 7) is 2.18. The molecule has 0 unspecified atom stereocenters. The SMILES string of the molecule is Cc1cccc2nc(CCCl)n(C3CCCC3)c12. The highest BCUT2D eigenvalue weighted by atomic mass is 35.5. The highest BCUT2D eigenvalue weighted by Crippen LogP contribution is 2.34. The van der Waals surface area contributed by atoms with E-state index < -0.39 is 0 Å². The summed E-state index contributed by atoms with van der Waals surface area (Å²) in [6, 6.07) is 7.02. The van der Waals surface area contributed by atoms with Gasteiger partial charge in [0.05, 0.1) is 11.0 Å². The van der Waals surface area contributed by atoms with Crippen LogP contribution in [0.2, 0.25) is 0 Å². The molecule has 1 fully saturated rings. The Morgan fingerprint density at radius 2 is 2.11 bits per heavy atom. The van der Waals surface area contributed by atoms with Crippen molar-refractivity contribution < 1.29 is 0 Å². The highest BCUT2D eigenvalue weighted by Gasteiger charge is 2.22. The third-order valence-electron chi connectivity index (χ3n) is 3.99. The summed E-state index contributed by atoms with van der Waals surface area (Å²) in [4.78, 5) is 4.79. The van der Waals surface area contributed by atoms with Crippen LogP contribution in [0.4, 0.5) is 0 Å². The summed E-state index contributed by atoms with van der Waals surface area (Å²) in [6.07, 6.45) is 6.13. The third kappa shape index (κ3) is 1.93.